The molecule has 0 bridgehead atoms. The minimum atomic E-state index is 0.0921. The largest absolute Gasteiger partial charge is 0.456 e. The predicted octanol–water partition coefficient (Wildman–Crippen LogP) is 9.57. The second kappa shape index (κ2) is 9.18. The summed E-state index contributed by atoms with van der Waals surface area (Å²) in [6.07, 6.45) is 0. The molecule has 218 valence electrons. The molecule has 0 saturated carbocycles. The molecular formula is C42H25BN2O2. The third-order valence-electron chi connectivity index (χ3n) is 10.0. The van der Waals surface area contributed by atoms with E-state index in [2.05, 4.69) is 137 Å². The summed E-state index contributed by atoms with van der Waals surface area (Å²) in [5.41, 5.74) is 14.4. The molecule has 2 aliphatic rings. The Morgan fingerprint density at radius 2 is 0.851 bits per heavy atom. The molecule has 0 aliphatic carbocycles. The zero-order chi connectivity index (χ0) is 30.6. The van der Waals surface area contributed by atoms with E-state index >= 15 is 0 Å². The molecule has 4 nitrogen and oxygen atoms in total. The maximum absolute atomic E-state index is 6.37. The molecule has 0 amide bonds. The molecule has 0 saturated heterocycles. The minimum Gasteiger partial charge on any atom is -0.456 e. The van der Waals surface area contributed by atoms with Gasteiger partial charge in [0.2, 0.25) is 0 Å². The lowest BCUT2D eigenvalue weighted by Gasteiger charge is -2.44. The van der Waals surface area contributed by atoms with Gasteiger partial charge in [0.1, 0.15) is 22.3 Å². The van der Waals surface area contributed by atoms with Crippen LogP contribution in [0.25, 0.3) is 43.9 Å². The Labute approximate surface area is 270 Å². The van der Waals surface area contributed by atoms with Crippen LogP contribution in [0.3, 0.4) is 0 Å². The van der Waals surface area contributed by atoms with Crippen molar-refractivity contribution in [3.05, 3.63) is 152 Å². The fourth-order valence-electron chi connectivity index (χ4n) is 8.10. The van der Waals surface area contributed by atoms with Crippen molar-refractivity contribution < 1.29 is 8.83 Å². The molecule has 4 heterocycles. The number of nitrogens with zero attached hydrogens (tertiary/aromatic N) is 2. The molecule has 0 radical (unpaired) electrons. The van der Waals surface area contributed by atoms with Crippen LogP contribution < -0.4 is 26.2 Å². The van der Waals surface area contributed by atoms with Crippen LogP contribution in [0.15, 0.2) is 160 Å². The molecule has 5 heteroatoms. The van der Waals surface area contributed by atoms with Crippen LogP contribution in [0.2, 0.25) is 0 Å². The number of rotatable bonds is 2. The van der Waals surface area contributed by atoms with E-state index < -0.39 is 0 Å². The van der Waals surface area contributed by atoms with Crippen molar-refractivity contribution in [3.63, 3.8) is 0 Å². The van der Waals surface area contributed by atoms with Crippen LogP contribution in [0, 0.1) is 0 Å². The molecule has 2 aromatic heterocycles. The van der Waals surface area contributed by atoms with Crippen LogP contribution >= 0.6 is 0 Å². The number of para-hydroxylation sites is 4. The van der Waals surface area contributed by atoms with Crippen LogP contribution in [0.5, 0.6) is 0 Å². The Hall–Kier alpha value is -6.20. The van der Waals surface area contributed by atoms with E-state index in [0.29, 0.717) is 0 Å². The van der Waals surface area contributed by atoms with Gasteiger partial charge in [-0.3, -0.25) is 0 Å². The summed E-state index contributed by atoms with van der Waals surface area (Å²) < 4.78 is 12.6. The van der Waals surface area contributed by atoms with Gasteiger partial charge in [0, 0.05) is 61.7 Å². The topological polar surface area (TPSA) is 32.8 Å². The Kier molecular flexibility index (Phi) is 4.89. The first-order valence-corrected chi connectivity index (χ1v) is 16.1. The maximum Gasteiger partial charge on any atom is 0.252 e. The Morgan fingerprint density at radius 1 is 0.362 bits per heavy atom. The van der Waals surface area contributed by atoms with Gasteiger partial charge >= 0.3 is 0 Å². The normalized spacial score (nSPS) is 13.4. The van der Waals surface area contributed by atoms with Crippen molar-refractivity contribution in [3.8, 4) is 0 Å². The molecule has 47 heavy (non-hydrogen) atoms. The summed E-state index contributed by atoms with van der Waals surface area (Å²) in [7, 11) is 0. The fourth-order valence-corrected chi connectivity index (χ4v) is 8.10. The van der Waals surface area contributed by atoms with Crippen molar-refractivity contribution in [2.45, 2.75) is 0 Å². The van der Waals surface area contributed by atoms with E-state index in [1.165, 1.54) is 39.1 Å². The average molecular weight is 600 g/mol. The molecule has 0 unspecified atom stereocenters. The molecule has 7 aromatic carbocycles. The number of hydrogen-bond acceptors (Lipinski definition) is 4. The summed E-state index contributed by atoms with van der Waals surface area (Å²) in [4.78, 5) is 4.84. The second-order valence-corrected chi connectivity index (χ2v) is 12.5. The highest BCUT2D eigenvalue weighted by Gasteiger charge is 2.42. The second-order valence-electron chi connectivity index (χ2n) is 12.5. The van der Waals surface area contributed by atoms with E-state index in [1.807, 2.05) is 24.3 Å². The van der Waals surface area contributed by atoms with Crippen LogP contribution in [-0.2, 0) is 0 Å². The van der Waals surface area contributed by atoms with Crippen molar-refractivity contribution in [1.82, 2.24) is 0 Å². The van der Waals surface area contributed by atoms with Crippen LogP contribution in [0.4, 0.5) is 34.1 Å². The third-order valence-corrected chi connectivity index (χ3v) is 10.0. The molecule has 0 atom stereocenters. The van der Waals surface area contributed by atoms with Gasteiger partial charge in [-0.2, -0.15) is 0 Å². The third kappa shape index (κ3) is 3.38. The first kappa shape index (κ1) is 25.0. The Balaban J connectivity index is 1.17. The Morgan fingerprint density at radius 3 is 1.55 bits per heavy atom. The number of hydrogen-bond donors (Lipinski definition) is 0. The maximum atomic E-state index is 6.37. The zero-order valence-electron chi connectivity index (χ0n) is 25.2. The van der Waals surface area contributed by atoms with Crippen molar-refractivity contribution in [1.29, 1.82) is 0 Å². The van der Waals surface area contributed by atoms with Gasteiger partial charge in [-0.1, -0.05) is 78.9 Å². The Bertz CT molecular complexity index is 2740. The molecule has 0 N–H and O–H groups in total. The van der Waals surface area contributed by atoms with Gasteiger partial charge in [-0.05, 0) is 83.1 Å². The van der Waals surface area contributed by atoms with Crippen molar-refractivity contribution >= 4 is 101 Å². The lowest BCUT2D eigenvalue weighted by Crippen LogP contribution is -2.61. The van der Waals surface area contributed by atoms with Crippen LogP contribution in [0.1, 0.15) is 0 Å². The SMILES string of the molecule is c1ccc2c(c1)B1c3ccccc3N(c3ccc4oc5ccccc5c4c3)c3cccc(c31)N2c1ccc2c(c1)oc1ccccc12. The van der Waals surface area contributed by atoms with E-state index in [0.717, 1.165) is 55.3 Å². The number of benzene rings is 7. The molecule has 11 rings (SSSR count). The van der Waals surface area contributed by atoms with Gasteiger partial charge in [-0.15, -0.1) is 0 Å². The number of anilines is 6. The fraction of sp³-hybridized carbons (Fsp3) is 0. The molecule has 0 spiro atoms. The van der Waals surface area contributed by atoms with E-state index in [9.17, 15) is 0 Å². The lowest BCUT2D eigenvalue weighted by molar-refractivity contribution is 0.668. The number of fused-ring (bicyclic) bond motifs is 10. The highest BCUT2D eigenvalue weighted by molar-refractivity contribution is 7.00. The summed E-state index contributed by atoms with van der Waals surface area (Å²) >= 11 is 0. The van der Waals surface area contributed by atoms with E-state index in [1.54, 1.807) is 0 Å². The summed E-state index contributed by atoms with van der Waals surface area (Å²) in [5, 5.41) is 4.52. The monoisotopic (exact) mass is 600 g/mol. The van der Waals surface area contributed by atoms with Gasteiger partial charge in [0.25, 0.3) is 6.71 Å². The summed E-state index contributed by atoms with van der Waals surface area (Å²) in [5.74, 6) is 0. The summed E-state index contributed by atoms with van der Waals surface area (Å²) in [6, 6.07) is 54.2. The van der Waals surface area contributed by atoms with Gasteiger partial charge in [0.05, 0.1) is 0 Å². The van der Waals surface area contributed by atoms with E-state index in [-0.39, 0.29) is 6.71 Å². The quantitative estimate of drug-likeness (QED) is 0.185. The highest BCUT2D eigenvalue weighted by Crippen LogP contribution is 2.45. The van der Waals surface area contributed by atoms with Crippen molar-refractivity contribution in [2.24, 2.45) is 0 Å². The molecule has 9 aromatic rings. The zero-order valence-corrected chi connectivity index (χ0v) is 25.2. The molecule has 0 fully saturated rings. The van der Waals surface area contributed by atoms with Gasteiger partial charge < -0.3 is 18.6 Å². The van der Waals surface area contributed by atoms with Gasteiger partial charge in [-0.25, -0.2) is 0 Å². The molecular weight excluding hydrogens is 575 g/mol. The molecule has 2 aliphatic heterocycles. The van der Waals surface area contributed by atoms with Gasteiger partial charge in [0.15, 0.2) is 0 Å². The standard InChI is InChI=1S/C42H25BN2O2/c1-7-18-38-28(10-1)30-22-20-27(25-41(30)47-38)45-35-15-6-4-13-33(35)43-32-12-3-5-14-34(32)44(36-16-9-17-37(45)42(36)43)26-21-23-40-31(24-26)29-11-2-8-19-39(29)46-40/h1-25H. The predicted molar refractivity (Wildman–Crippen MR) is 195 cm³/mol. The lowest BCUT2D eigenvalue weighted by atomic mass is 9.33. The van der Waals surface area contributed by atoms with Crippen molar-refractivity contribution in [2.75, 3.05) is 9.80 Å². The minimum absolute atomic E-state index is 0.0921. The first-order valence-electron chi connectivity index (χ1n) is 16.1. The average Bonchev–Trinajstić information content (AvgIpc) is 3.69. The van der Waals surface area contributed by atoms with Crippen LogP contribution in [-0.4, -0.2) is 6.71 Å². The highest BCUT2D eigenvalue weighted by atomic mass is 16.3. The van der Waals surface area contributed by atoms with E-state index in [4.69, 9.17) is 8.83 Å². The number of furan rings is 2. The summed E-state index contributed by atoms with van der Waals surface area (Å²) in [6.45, 7) is 0.0921. The first-order chi connectivity index (χ1) is 23.3. The smallest absolute Gasteiger partial charge is 0.252 e.